The molecular weight excluding hydrogens is 314 g/mol. The summed E-state index contributed by atoms with van der Waals surface area (Å²) in [6.45, 7) is -1.22. The summed E-state index contributed by atoms with van der Waals surface area (Å²) in [5, 5.41) is 9.09. The molecule has 0 aliphatic heterocycles. The Morgan fingerprint density at radius 2 is 1.90 bits per heavy atom. The van der Waals surface area contributed by atoms with Crippen molar-refractivity contribution < 1.29 is 31.1 Å². The Labute approximate surface area is 120 Å². The monoisotopic (exact) mass is 329 g/mol. The second-order valence-electron chi connectivity index (χ2n) is 4.36. The van der Waals surface area contributed by atoms with Crippen LogP contribution in [0.3, 0.4) is 0 Å². The molecule has 0 fully saturated rings. The number of aliphatic hydroxyl groups is 1. The van der Waals surface area contributed by atoms with Gasteiger partial charge in [-0.2, -0.15) is 17.5 Å². The summed E-state index contributed by atoms with van der Waals surface area (Å²) in [5.74, 6) is -0.908. The van der Waals surface area contributed by atoms with E-state index in [1.54, 1.807) is 0 Å². The van der Waals surface area contributed by atoms with E-state index in [1.807, 2.05) is 0 Å². The van der Waals surface area contributed by atoms with Gasteiger partial charge in [-0.3, -0.25) is 0 Å². The highest BCUT2D eigenvalue weighted by Gasteiger charge is 2.37. The lowest BCUT2D eigenvalue weighted by molar-refractivity contribution is -0.136. The van der Waals surface area contributed by atoms with Crippen LogP contribution in [0.25, 0.3) is 0 Å². The van der Waals surface area contributed by atoms with Crippen LogP contribution in [0, 0.1) is 5.82 Å². The van der Waals surface area contributed by atoms with Gasteiger partial charge in [0.25, 0.3) is 0 Å². The molecule has 4 nitrogen and oxygen atoms in total. The average molecular weight is 329 g/mol. The predicted molar refractivity (Wildman–Crippen MR) is 67.4 cm³/mol. The molecule has 0 spiro atoms. The van der Waals surface area contributed by atoms with Crippen LogP contribution in [-0.4, -0.2) is 37.1 Å². The first-order valence-electron chi connectivity index (χ1n) is 6.08. The quantitative estimate of drug-likeness (QED) is 0.815. The number of sulfonamides is 1. The second kappa shape index (κ2) is 6.71. The Kier molecular flexibility index (Phi) is 5.71. The molecule has 21 heavy (non-hydrogen) atoms. The highest BCUT2D eigenvalue weighted by molar-refractivity contribution is 7.89. The first-order valence-corrected chi connectivity index (χ1v) is 7.52. The van der Waals surface area contributed by atoms with Crippen molar-refractivity contribution in [2.75, 3.05) is 13.1 Å². The zero-order valence-corrected chi connectivity index (χ0v) is 12.0. The summed E-state index contributed by atoms with van der Waals surface area (Å²) in [5.41, 5.74) is -0.153. The van der Waals surface area contributed by atoms with Gasteiger partial charge in [-0.25, -0.2) is 12.8 Å². The van der Waals surface area contributed by atoms with Crippen LogP contribution < -0.4 is 0 Å². The van der Waals surface area contributed by atoms with Crippen LogP contribution in [-0.2, 0) is 16.6 Å². The molecule has 1 aromatic rings. The van der Waals surface area contributed by atoms with Crippen molar-refractivity contribution in [1.82, 2.24) is 4.31 Å². The second-order valence-corrected chi connectivity index (χ2v) is 6.27. The van der Waals surface area contributed by atoms with E-state index in [-0.39, 0.29) is 22.8 Å². The third kappa shape index (κ3) is 4.65. The van der Waals surface area contributed by atoms with E-state index in [9.17, 15) is 26.0 Å². The van der Waals surface area contributed by atoms with Crippen molar-refractivity contribution >= 4 is 10.0 Å². The van der Waals surface area contributed by atoms with Crippen molar-refractivity contribution in [2.45, 2.75) is 31.0 Å². The third-order valence-electron chi connectivity index (χ3n) is 2.65. The number of rotatable bonds is 6. The first kappa shape index (κ1) is 17.9. The lowest BCUT2D eigenvalue weighted by atomic mass is 10.2. The Morgan fingerprint density at radius 3 is 2.38 bits per heavy atom. The summed E-state index contributed by atoms with van der Waals surface area (Å²) < 4.78 is 75.5. The van der Waals surface area contributed by atoms with E-state index < -0.39 is 40.1 Å². The number of halogens is 4. The largest absolute Gasteiger partial charge is 0.402 e. The molecule has 0 bridgehead atoms. The summed E-state index contributed by atoms with van der Waals surface area (Å²) >= 11 is 0. The molecular formula is C12H15F4NO3S. The van der Waals surface area contributed by atoms with Gasteiger partial charge in [-0.15, -0.1) is 0 Å². The van der Waals surface area contributed by atoms with Gasteiger partial charge in [-0.1, -0.05) is 13.0 Å². The van der Waals surface area contributed by atoms with E-state index in [0.717, 1.165) is 12.1 Å². The SMILES string of the molecule is CCCN(CC(F)(F)F)S(=O)(=O)c1cc(F)ccc1CO. The number of hydrogen-bond acceptors (Lipinski definition) is 3. The standard InChI is InChI=1S/C12H15F4NO3S/c1-2-5-17(8-12(14,15)16)21(19,20)11-6-10(13)4-3-9(11)7-18/h3-4,6,18H,2,5,7-8H2,1H3. The van der Waals surface area contributed by atoms with Crippen molar-refractivity contribution in [2.24, 2.45) is 0 Å². The van der Waals surface area contributed by atoms with Gasteiger partial charge in [0.2, 0.25) is 10.0 Å². The van der Waals surface area contributed by atoms with E-state index in [2.05, 4.69) is 0 Å². The molecule has 0 aliphatic rings. The fourth-order valence-electron chi connectivity index (χ4n) is 1.77. The summed E-state index contributed by atoms with van der Waals surface area (Å²) in [6.07, 6.45) is -4.55. The van der Waals surface area contributed by atoms with Crippen LogP contribution in [0.5, 0.6) is 0 Å². The van der Waals surface area contributed by atoms with Gasteiger partial charge < -0.3 is 5.11 Å². The van der Waals surface area contributed by atoms with Gasteiger partial charge in [0.15, 0.2) is 0 Å². The maximum absolute atomic E-state index is 13.2. The topological polar surface area (TPSA) is 57.6 Å². The Morgan fingerprint density at radius 1 is 1.29 bits per heavy atom. The third-order valence-corrected chi connectivity index (χ3v) is 4.57. The Balaban J connectivity index is 3.32. The zero-order valence-electron chi connectivity index (χ0n) is 11.2. The van der Waals surface area contributed by atoms with Crippen molar-refractivity contribution in [1.29, 1.82) is 0 Å². The molecule has 0 aromatic heterocycles. The van der Waals surface area contributed by atoms with Crippen LogP contribution in [0.2, 0.25) is 0 Å². The average Bonchev–Trinajstić information content (AvgIpc) is 2.36. The minimum absolute atomic E-state index is 0.153. The van der Waals surface area contributed by atoms with Gasteiger partial charge in [0, 0.05) is 6.54 Å². The van der Waals surface area contributed by atoms with Crippen molar-refractivity contribution in [3.63, 3.8) is 0 Å². The van der Waals surface area contributed by atoms with Gasteiger partial charge >= 0.3 is 6.18 Å². The van der Waals surface area contributed by atoms with E-state index in [0.29, 0.717) is 6.07 Å². The summed E-state index contributed by atoms with van der Waals surface area (Å²) in [4.78, 5) is -0.650. The molecule has 9 heteroatoms. The number of alkyl halides is 3. The van der Waals surface area contributed by atoms with E-state index in [4.69, 9.17) is 5.11 Å². The highest BCUT2D eigenvalue weighted by atomic mass is 32.2. The molecule has 1 aromatic carbocycles. The Hall–Kier alpha value is -1.19. The minimum Gasteiger partial charge on any atom is -0.392 e. The van der Waals surface area contributed by atoms with Crippen molar-refractivity contribution in [3.8, 4) is 0 Å². The van der Waals surface area contributed by atoms with Crippen LogP contribution in [0.1, 0.15) is 18.9 Å². The molecule has 1 N–H and O–H groups in total. The fourth-order valence-corrected chi connectivity index (χ4v) is 3.51. The smallest absolute Gasteiger partial charge is 0.392 e. The van der Waals surface area contributed by atoms with E-state index >= 15 is 0 Å². The van der Waals surface area contributed by atoms with Gasteiger partial charge in [0.1, 0.15) is 12.4 Å². The molecule has 0 atom stereocenters. The molecule has 1 rings (SSSR count). The van der Waals surface area contributed by atoms with Crippen LogP contribution in [0.4, 0.5) is 17.6 Å². The molecule has 0 unspecified atom stereocenters. The summed E-state index contributed by atoms with van der Waals surface area (Å²) in [7, 11) is -4.55. The van der Waals surface area contributed by atoms with Crippen LogP contribution in [0.15, 0.2) is 23.1 Å². The van der Waals surface area contributed by atoms with Crippen molar-refractivity contribution in [3.05, 3.63) is 29.6 Å². The number of nitrogens with zero attached hydrogens (tertiary/aromatic N) is 1. The number of aliphatic hydroxyl groups excluding tert-OH is 1. The molecule has 0 radical (unpaired) electrons. The molecule has 0 saturated carbocycles. The molecule has 0 amide bonds. The van der Waals surface area contributed by atoms with Gasteiger partial charge in [0.05, 0.1) is 11.5 Å². The molecule has 0 saturated heterocycles. The highest BCUT2D eigenvalue weighted by Crippen LogP contribution is 2.25. The van der Waals surface area contributed by atoms with Gasteiger partial charge in [-0.05, 0) is 24.1 Å². The zero-order chi connectivity index (χ0) is 16.3. The lowest BCUT2D eigenvalue weighted by Crippen LogP contribution is -2.39. The molecule has 0 aliphatic carbocycles. The first-order chi connectivity index (χ1) is 9.61. The Bertz CT molecular complexity index is 587. The van der Waals surface area contributed by atoms with E-state index in [1.165, 1.54) is 6.92 Å². The minimum atomic E-state index is -4.71. The molecule has 0 heterocycles. The fraction of sp³-hybridized carbons (Fsp3) is 0.500. The maximum Gasteiger partial charge on any atom is 0.402 e. The number of hydrogen-bond donors (Lipinski definition) is 1. The molecule has 120 valence electrons. The van der Waals surface area contributed by atoms with Crippen LogP contribution >= 0.6 is 0 Å². The lowest BCUT2D eigenvalue weighted by Gasteiger charge is -2.24. The predicted octanol–water partition coefficient (Wildman–Crippen LogP) is 2.28. The maximum atomic E-state index is 13.2. The normalized spacial score (nSPS) is 12.9. The number of benzene rings is 1. The summed E-state index contributed by atoms with van der Waals surface area (Å²) in [6, 6.07) is 2.57.